The number of nitrogens with one attached hydrogen (secondary N) is 1. The van der Waals surface area contributed by atoms with E-state index >= 15 is 0 Å². The number of nitrogens with zero attached hydrogens (tertiary/aromatic N) is 2. The Balaban J connectivity index is 1.92. The lowest BCUT2D eigenvalue weighted by molar-refractivity contribution is -0.131. The van der Waals surface area contributed by atoms with Crippen molar-refractivity contribution in [3.63, 3.8) is 0 Å². The number of benzene rings is 1. The number of likely N-dealkylation sites (tertiary alicyclic amines) is 1. The average Bonchev–Trinajstić information content (AvgIpc) is 2.60. The molecule has 1 saturated heterocycles. The maximum absolute atomic E-state index is 12.1. The molecule has 8 heteroatoms. The Bertz CT molecular complexity index is 721. The summed E-state index contributed by atoms with van der Waals surface area (Å²) < 4.78 is 25.1. The molecule has 138 valence electrons. The standard InChI is InChI=1S/C17H25N3O4S/c1-13-8-10-20(11-9-13)16(21)12-18-17(22)14-4-6-15(7-5-14)25(23,24)19(2)3/h4-7,13H,8-12H2,1-3H3,(H,18,22). The van der Waals surface area contributed by atoms with Crippen LogP contribution in [0.25, 0.3) is 0 Å². The van der Waals surface area contributed by atoms with E-state index < -0.39 is 15.9 Å². The monoisotopic (exact) mass is 367 g/mol. The number of hydrogen-bond acceptors (Lipinski definition) is 4. The summed E-state index contributed by atoms with van der Waals surface area (Å²) in [5.74, 6) is 0.148. The lowest BCUT2D eigenvalue weighted by Crippen LogP contribution is -2.43. The largest absolute Gasteiger partial charge is 0.343 e. The molecule has 1 N–H and O–H groups in total. The van der Waals surface area contributed by atoms with Crippen LogP contribution in [0.3, 0.4) is 0 Å². The van der Waals surface area contributed by atoms with E-state index in [0.29, 0.717) is 11.5 Å². The van der Waals surface area contributed by atoms with Crippen LogP contribution in [0, 0.1) is 5.92 Å². The van der Waals surface area contributed by atoms with Crippen LogP contribution in [-0.4, -0.2) is 63.2 Å². The first-order chi connectivity index (χ1) is 11.7. The van der Waals surface area contributed by atoms with Crippen LogP contribution in [0.2, 0.25) is 0 Å². The van der Waals surface area contributed by atoms with Crippen molar-refractivity contribution in [1.29, 1.82) is 0 Å². The fourth-order valence-corrected chi connectivity index (χ4v) is 3.52. The molecule has 1 fully saturated rings. The quantitative estimate of drug-likeness (QED) is 0.839. The molecule has 1 aromatic carbocycles. The fraction of sp³-hybridized carbons (Fsp3) is 0.529. The van der Waals surface area contributed by atoms with Crippen LogP contribution >= 0.6 is 0 Å². The van der Waals surface area contributed by atoms with Gasteiger partial charge in [-0.1, -0.05) is 6.92 Å². The van der Waals surface area contributed by atoms with E-state index in [2.05, 4.69) is 12.2 Å². The summed E-state index contributed by atoms with van der Waals surface area (Å²) in [5.41, 5.74) is 0.317. The number of amides is 2. The zero-order chi connectivity index (χ0) is 18.6. The first kappa shape index (κ1) is 19.4. The van der Waals surface area contributed by atoms with E-state index in [9.17, 15) is 18.0 Å². The molecule has 0 unspecified atom stereocenters. The predicted octanol–water partition coefficient (Wildman–Crippen LogP) is 0.925. The smallest absolute Gasteiger partial charge is 0.251 e. The van der Waals surface area contributed by atoms with Crippen molar-refractivity contribution in [3.05, 3.63) is 29.8 Å². The van der Waals surface area contributed by atoms with Crippen LogP contribution in [0.15, 0.2) is 29.2 Å². The maximum atomic E-state index is 12.1. The molecular formula is C17H25N3O4S. The van der Waals surface area contributed by atoms with Gasteiger partial charge in [-0.2, -0.15) is 0 Å². The van der Waals surface area contributed by atoms with Gasteiger partial charge in [0.15, 0.2) is 0 Å². The Labute approximate surface area is 149 Å². The number of hydrogen-bond donors (Lipinski definition) is 1. The number of carbonyl (C=O) groups is 2. The number of carbonyl (C=O) groups excluding carboxylic acids is 2. The molecule has 1 aliphatic heterocycles. The van der Waals surface area contributed by atoms with Crippen molar-refractivity contribution in [2.45, 2.75) is 24.7 Å². The van der Waals surface area contributed by atoms with E-state index in [4.69, 9.17) is 0 Å². The Hall–Kier alpha value is -1.93. The lowest BCUT2D eigenvalue weighted by Gasteiger charge is -2.30. The highest BCUT2D eigenvalue weighted by Gasteiger charge is 2.21. The zero-order valence-electron chi connectivity index (χ0n) is 14.9. The van der Waals surface area contributed by atoms with Gasteiger partial charge in [0.05, 0.1) is 11.4 Å². The van der Waals surface area contributed by atoms with E-state index in [1.54, 1.807) is 4.90 Å². The second kappa shape index (κ2) is 7.97. The van der Waals surface area contributed by atoms with Gasteiger partial charge >= 0.3 is 0 Å². The minimum Gasteiger partial charge on any atom is -0.343 e. The summed E-state index contributed by atoms with van der Waals surface area (Å²) in [6.07, 6.45) is 1.98. The normalized spacial score (nSPS) is 16.1. The molecule has 25 heavy (non-hydrogen) atoms. The summed E-state index contributed by atoms with van der Waals surface area (Å²) in [7, 11) is -0.629. The molecule has 1 aromatic rings. The minimum atomic E-state index is -3.52. The molecule has 0 atom stereocenters. The molecule has 2 amide bonds. The van der Waals surface area contributed by atoms with Crippen molar-refractivity contribution in [2.24, 2.45) is 5.92 Å². The van der Waals surface area contributed by atoms with Crippen LogP contribution < -0.4 is 5.32 Å². The number of piperidine rings is 1. The molecule has 0 spiro atoms. The Morgan fingerprint density at radius 1 is 1.16 bits per heavy atom. The first-order valence-corrected chi connectivity index (χ1v) is 9.74. The molecule has 2 rings (SSSR count). The SMILES string of the molecule is CC1CCN(C(=O)CNC(=O)c2ccc(S(=O)(=O)N(C)C)cc2)CC1. The topological polar surface area (TPSA) is 86.8 Å². The molecule has 0 aromatic heterocycles. The number of sulfonamides is 1. The molecule has 1 heterocycles. The Morgan fingerprint density at radius 3 is 2.24 bits per heavy atom. The van der Waals surface area contributed by atoms with E-state index in [0.717, 1.165) is 30.2 Å². The van der Waals surface area contributed by atoms with Gasteiger partial charge in [0.2, 0.25) is 15.9 Å². The zero-order valence-corrected chi connectivity index (χ0v) is 15.7. The van der Waals surface area contributed by atoms with E-state index in [-0.39, 0.29) is 17.3 Å². The van der Waals surface area contributed by atoms with E-state index in [1.165, 1.54) is 38.4 Å². The molecule has 1 aliphatic rings. The van der Waals surface area contributed by atoms with E-state index in [1.807, 2.05) is 0 Å². The van der Waals surface area contributed by atoms with Crippen molar-refractivity contribution in [1.82, 2.24) is 14.5 Å². The highest BCUT2D eigenvalue weighted by atomic mass is 32.2. The van der Waals surface area contributed by atoms with Gasteiger partial charge in [-0.15, -0.1) is 0 Å². The molecule has 0 bridgehead atoms. The van der Waals surface area contributed by atoms with Crippen molar-refractivity contribution in [2.75, 3.05) is 33.7 Å². The first-order valence-electron chi connectivity index (χ1n) is 8.30. The van der Waals surface area contributed by atoms with Gasteiger partial charge in [-0.05, 0) is 43.0 Å². The average molecular weight is 367 g/mol. The summed E-state index contributed by atoms with van der Waals surface area (Å²) in [6, 6.07) is 5.66. The molecule has 7 nitrogen and oxygen atoms in total. The summed E-state index contributed by atoms with van der Waals surface area (Å²) in [5, 5.41) is 2.60. The maximum Gasteiger partial charge on any atom is 0.251 e. The molecule has 0 radical (unpaired) electrons. The van der Waals surface area contributed by atoms with Crippen LogP contribution in [0.1, 0.15) is 30.1 Å². The third kappa shape index (κ3) is 4.79. The second-order valence-corrected chi connectivity index (χ2v) is 8.71. The van der Waals surface area contributed by atoms with Gasteiger partial charge in [0, 0.05) is 32.7 Å². The van der Waals surface area contributed by atoms with Gasteiger partial charge in [-0.25, -0.2) is 12.7 Å². The highest BCUT2D eigenvalue weighted by molar-refractivity contribution is 7.89. The van der Waals surface area contributed by atoms with Crippen LogP contribution in [-0.2, 0) is 14.8 Å². The highest BCUT2D eigenvalue weighted by Crippen LogP contribution is 2.16. The third-order valence-corrected chi connectivity index (χ3v) is 6.26. The molecule has 0 saturated carbocycles. The Morgan fingerprint density at radius 2 is 1.72 bits per heavy atom. The van der Waals surface area contributed by atoms with Crippen molar-refractivity contribution in [3.8, 4) is 0 Å². The lowest BCUT2D eigenvalue weighted by atomic mass is 9.99. The summed E-state index contributed by atoms with van der Waals surface area (Å²) in [6.45, 7) is 3.58. The Kier molecular flexibility index (Phi) is 6.18. The third-order valence-electron chi connectivity index (χ3n) is 4.43. The van der Waals surface area contributed by atoms with Gasteiger partial charge in [0.25, 0.3) is 5.91 Å². The number of rotatable bonds is 5. The fourth-order valence-electron chi connectivity index (χ4n) is 2.62. The summed E-state index contributed by atoms with van der Waals surface area (Å²) >= 11 is 0. The van der Waals surface area contributed by atoms with Gasteiger partial charge in [0.1, 0.15) is 0 Å². The van der Waals surface area contributed by atoms with Crippen molar-refractivity contribution >= 4 is 21.8 Å². The van der Waals surface area contributed by atoms with Crippen LogP contribution in [0.4, 0.5) is 0 Å². The van der Waals surface area contributed by atoms with Gasteiger partial charge < -0.3 is 10.2 Å². The second-order valence-electron chi connectivity index (χ2n) is 6.56. The minimum absolute atomic E-state index is 0.0506. The van der Waals surface area contributed by atoms with Crippen LogP contribution in [0.5, 0.6) is 0 Å². The molecular weight excluding hydrogens is 342 g/mol. The van der Waals surface area contributed by atoms with Gasteiger partial charge in [-0.3, -0.25) is 9.59 Å². The van der Waals surface area contributed by atoms with Crippen molar-refractivity contribution < 1.29 is 18.0 Å². The predicted molar refractivity (Wildman–Crippen MR) is 94.6 cm³/mol. The molecule has 0 aliphatic carbocycles. The summed E-state index contributed by atoms with van der Waals surface area (Å²) in [4.78, 5) is 26.2.